The van der Waals surface area contributed by atoms with Gasteiger partial charge in [0, 0.05) is 23.5 Å². The minimum absolute atomic E-state index is 0.975. The van der Waals surface area contributed by atoms with Crippen LogP contribution in [-0.4, -0.2) is 4.98 Å². The van der Waals surface area contributed by atoms with Crippen molar-refractivity contribution in [2.24, 2.45) is 0 Å². The quantitative estimate of drug-likeness (QED) is 0.435. The van der Waals surface area contributed by atoms with Crippen LogP contribution in [0.25, 0.3) is 21.9 Å². The molecule has 0 N–H and O–H groups in total. The SMILES string of the molecule is C(#Cc1ccc2c(-c3ccccc3)cccc2c1)c1ccncc1. The summed E-state index contributed by atoms with van der Waals surface area (Å²) < 4.78 is 0. The highest BCUT2D eigenvalue weighted by Gasteiger charge is 2.03. The third-order valence-corrected chi connectivity index (χ3v) is 4.00. The predicted octanol–water partition coefficient (Wildman–Crippen LogP) is 5.30. The molecule has 0 radical (unpaired) electrons. The van der Waals surface area contributed by atoms with Crippen LogP contribution in [0.15, 0.2) is 91.3 Å². The molecule has 0 aliphatic carbocycles. The van der Waals surface area contributed by atoms with Gasteiger partial charge >= 0.3 is 0 Å². The standard InChI is InChI=1S/C23H15N/c1-2-5-20(6-3-1)22-8-4-7-21-17-19(11-12-23(21)22)10-9-18-13-15-24-16-14-18/h1-8,11-17H. The van der Waals surface area contributed by atoms with Gasteiger partial charge in [0.25, 0.3) is 0 Å². The maximum absolute atomic E-state index is 4.01. The topological polar surface area (TPSA) is 12.9 Å². The molecule has 24 heavy (non-hydrogen) atoms. The van der Waals surface area contributed by atoms with Crippen LogP contribution in [0, 0.1) is 11.8 Å². The zero-order valence-corrected chi connectivity index (χ0v) is 13.1. The Labute approximate surface area is 141 Å². The van der Waals surface area contributed by atoms with E-state index in [1.807, 2.05) is 18.2 Å². The summed E-state index contributed by atoms with van der Waals surface area (Å²) in [5, 5.41) is 2.45. The highest BCUT2D eigenvalue weighted by Crippen LogP contribution is 2.28. The molecule has 1 nitrogen and oxygen atoms in total. The van der Waals surface area contributed by atoms with Crippen LogP contribution in [0.1, 0.15) is 11.1 Å². The fourth-order valence-electron chi connectivity index (χ4n) is 2.81. The molecule has 1 heteroatoms. The van der Waals surface area contributed by atoms with Crippen molar-refractivity contribution < 1.29 is 0 Å². The molecule has 112 valence electrons. The smallest absolute Gasteiger partial charge is 0.0280 e. The van der Waals surface area contributed by atoms with Gasteiger partial charge in [-0.05, 0) is 46.2 Å². The van der Waals surface area contributed by atoms with Gasteiger partial charge < -0.3 is 0 Å². The second-order valence-corrected chi connectivity index (χ2v) is 5.59. The van der Waals surface area contributed by atoms with Crippen molar-refractivity contribution in [2.45, 2.75) is 0 Å². The predicted molar refractivity (Wildman–Crippen MR) is 99.6 cm³/mol. The minimum Gasteiger partial charge on any atom is -0.265 e. The lowest BCUT2D eigenvalue weighted by Crippen LogP contribution is -1.83. The van der Waals surface area contributed by atoms with Gasteiger partial charge in [0.15, 0.2) is 0 Å². The first-order valence-electron chi connectivity index (χ1n) is 7.90. The van der Waals surface area contributed by atoms with E-state index in [-0.39, 0.29) is 0 Å². The largest absolute Gasteiger partial charge is 0.265 e. The Bertz CT molecular complexity index is 1040. The molecule has 0 unspecified atom stereocenters. The summed E-state index contributed by atoms with van der Waals surface area (Å²) in [5.74, 6) is 6.42. The number of nitrogens with zero attached hydrogens (tertiary/aromatic N) is 1. The average Bonchev–Trinajstić information content (AvgIpc) is 2.67. The molecule has 0 saturated carbocycles. The van der Waals surface area contributed by atoms with E-state index in [2.05, 4.69) is 77.5 Å². The lowest BCUT2D eigenvalue weighted by Gasteiger charge is -2.07. The molecule has 4 rings (SSSR count). The molecule has 0 aliphatic heterocycles. The Balaban J connectivity index is 1.77. The molecule has 0 saturated heterocycles. The molecule has 1 aromatic heterocycles. The van der Waals surface area contributed by atoms with Crippen molar-refractivity contribution in [3.05, 3.63) is 102 Å². The third kappa shape index (κ3) is 2.91. The maximum Gasteiger partial charge on any atom is 0.0280 e. The summed E-state index contributed by atoms with van der Waals surface area (Å²) in [5.41, 5.74) is 4.48. The van der Waals surface area contributed by atoms with Crippen molar-refractivity contribution in [2.75, 3.05) is 0 Å². The molecule has 0 spiro atoms. The van der Waals surface area contributed by atoms with Gasteiger partial charge in [0.2, 0.25) is 0 Å². The maximum atomic E-state index is 4.01. The number of aromatic nitrogens is 1. The van der Waals surface area contributed by atoms with Gasteiger partial charge in [0.05, 0.1) is 0 Å². The molecule has 0 bridgehead atoms. The number of benzene rings is 3. The lowest BCUT2D eigenvalue weighted by atomic mass is 9.97. The Morgan fingerprint density at radius 2 is 1.42 bits per heavy atom. The van der Waals surface area contributed by atoms with Gasteiger partial charge in [-0.3, -0.25) is 4.98 Å². The summed E-state index contributed by atoms with van der Waals surface area (Å²) in [6.07, 6.45) is 3.52. The Kier molecular flexibility index (Phi) is 3.80. The zero-order valence-electron chi connectivity index (χ0n) is 13.1. The number of pyridine rings is 1. The summed E-state index contributed by atoms with van der Waals surface area (Å²) in [4.78, 5) is 4.01. The van der Waals surface area contributed by atoms with Gasteiger partial charge in [-0.1, -0.05) is 66.4 Å². The van der Waals surface area contributed by atoms with E-state index in [1.165, 1.54) is 21.9 Å². The fourth-order valence-corrected chi connectivity index (χ4v) is 2.81. The van der Waals surface area contributed by atoms with Crippen molar-refractivity contribution in [3.8, 4) is 23.0 Å². The number of hydrogen-bond acceptors (Lipinski definition) is 1. The van der Waals surface area contributed by atoms with Crippen LogP contribution < -0.4 is 0 Å². The summed E-state index contributed by atoms with van der Waals surface area (Å²) in [6, 6.07) is 27.1. The summed E-state index contributed by atoms with van der Waals surface area (Å²) >= 11 is 0. The first-order valence-corrected chi connectivity index (χ1v) is 7.90. The molecular formula is C23H15N. The second-order valence-electron chi connectivity index (χ2n) is 5.59. The molecule has 3 aromatic carbocycles. The normalized spacial score (nSPS) is 10.2. The molecule has 0 atom stereocenters. The van der Waals surface area contributed by atoms with Crippen molar-refractivity contribution in [3.63, 3.8) is 0 Å². The third-order valence-electron chi connectivity index (χ3n) is 4.00. The van der Waals surface area contributed by atoms with Crippen LogP contribution in [0.4, 0.5) is 0 Å². The van der Waals surface area contributed by atoms with E-state index in [0.717, 1.165) is 11.1 Å². The molecule has 0 amide bonds. The molecule has 1 heterocycles. The van der Waals surface area contributed by atoms with E-state index in [0.29, 0.717) is 0 Å². The Morgan fingerprint density at radius 1 is 0.625 bits per heavy atom. The fraction of sp³-hybridized carbons (Fsp3) is 0. The van der Waals surface area contributed by atoms with E-state index in [4.69, 9.17) is 0 Å². The van der Waals surface area contributed by atoms with E-state index < -0.39 is 0 Å². The molecular weight excluding hydrogens is 290 g/mol. The highest BCUT2D eigenvalue weighted by molar-refractivity contribution is 5.97. The van der Waals surface area contributed by atoms with Crippen LogP contribution >= 0.6 is 0 Å². The Hall–Kier alpha value is -3.37. The number of rotatable bonds is 1. The lowest BCUT2D eigenvalue weighted by molar-refractivity contribution is 1.32. The minimum atomic E-state index is 0.975. The summed E-state index contributed by atoms with van der Waals surface area (Å²) in [7, 11) is 0. The van der Waals surface area contributed by atoms with Crippen LogP contribution in [0.2, 0.25) is 0 Å². The van der Waals surface area contributed by atoms with Gasteiger partial charge in [-0.25, -0.2) is 0 Å². The van der Waals surface area contributed by atoms with Gasteiger partial charge in [0.1, 0.15) is 0 Å². The van der Waals surface area contributed by atoms with Gasteiger partial charge in [-0.2, -0.15) is 0 Å². The Morgan fingerprint density at radius 3 is 2.25 bits per heavy atom. The zero-order chi connectivity index (χ0) is 16.2. The van der Waals surface area contributed by atoms with Crippen LogP contribution in [0.3, 0.4) is 0 Å². The molecule has 4 aromatic rings. The number of hydrogen-bond donors (Lipinski definition) is 0. The van der Waals surface area contributed by atoms with Gasteiger partial charge in [-0.15, -0.1) is 0 Å². The highest BCUT2D eigenvalue weighted by atomic mass is 14.6. The average molecular weight is 305 g/mol. The monoisotopic (exact) mass is 305 g/mol. The second kappa shape index (κ2) is 6.40. The van der Waals surface area contributed by atoms with Crippen molar-refractivity contribution in [1.82, 2.24) is 4.98 Å². The van der Waals surface area contributed by atoms with Crippen LogP contribution in [0.5, 0.6) is 0 Å². The van der Waals surface area contributed by atoms with E-state index in [1.54, 1.807) is 12.4 Å². The molecule has 0 fully saturated rings. The van der Waals surface area contributed by atoms with Crippen LogP contribution in [-0.2, 0) is 0 Å². The first-order chi connectivity index (χ1) is 11.9. The van der Waals surface area contributed by atoms with Crippen molar-refractivity contribution >= 4 is 10.8 Å². The summed E-state index contributed by atoms with van der Waals surface area (Å²) in [6.45, 7) is 0. The van der Waals surface area contributed by atoms with E-state index >= 15 is 0 Å². The number of fused-ring (bicyclic) bond motifs is 1. The molecule has 0 aliphatic rings. The first kappa shape index (κ1) is 14.2. The van der Waals surface area contributed by atoms with Crippen molar-refractivity contribution in [1.29, 1.82) is 0 Å². The van der Waals surface area contributed by atoms with E-state index in [9.17, 15) is 0 Å².